The van der Waals surface area contributed by atoms with Gasteiger partial charge in [0, 0.05) is 26.1 Å². The number of nitrogens with zero attached hydrogens (tertiary/aromatic N) is 2. The summed E-state index contributed by atoms with van der Waals surface area (Å²) >= 11 is 0. The molecule has 2 aromatic rings. The molecule has 2 unspecified atom stereocenters. The number of hydrogen-bond donors (Lipinski definition) is 1. The van der Waals surface area contributed by atoms with Crippen molar-refractivity contribution in [1.29, 1.82) is 0 Å². The summed E-state index contributed by atoms with van der Waals surface area (Å²) < 4.78 is 48.7. The number of halogens is 3. The zero-order valence-electron chi connectivity index (χ0n) is 22.2. The van der Waals surface area contributed by atoms with Crippen LogP contribution in [0.4, 0.5) is 13.2 Å². The summed E-state index contributed by atoms with van der Waals surface area (Å²) in [7, 11) is 0. The Labute approximate surface area is 226 Å². The van der Waals surface area contributed by atoms with Crippen molar-refractivity contribution in [3.05, 3.63) is 58.9 Å². The van der Waals surface area contributed by atoms with Gasteiger partial charge < -0.3 is 19.6 Å². The molecule has 4 rings (SSSR count). The number of rotatable bonds is 6. The standard InChI is InChI=1S/C30H33F3N2O4/c1-3-8-21(20-9-11-22(36)12-10-20)17-25(37)34-15-7-14-30(19-34)13-5-6-16-35(30)29(38)23-18-24(31)27(33)28(26(23)32)39-4-2/h9-12,18,21,36H,4-7,13-17,19H2,1-2H3. The molecule has 2 aliphatic heterocycles. The Hall–Kier alpha value is -3.67. The molecule has 2 heterocycles. The van der Waals surface area contributed by atoms with E-state index in [0.717, 1.165) is 12.0 Å². The number of hydrogen-bond acceptors (Lipinski definition) is 4. The number of carbonyl (C=O) groups is 2. The zero-order valence-corrected chi connectivity index (χ0v) is 22.2. The number of piperidine rings is 2. The van der Waals surface area contributed by atoms with E-state index in [9.17, 15) is 23.5 Å². The van der Waals surface area contributed by atoms with E-state index in [1.54, 1.807) is 41.0 Å². The summed E-state index contributed by atoms with van der Waals surface area (Å²) in [6.07, 6.45) is 3.51. The van der Waals surface area contributed by atoms with Crippen LogP contribution in [-0.2, 0) is 4.79 Å². The fourth-order valence-corrected chi connectivity index (χ4v) is 5.75. The third-order valence-corrected chi connectivity index (χ3v) is 7.63. The molecule has 9 heteroatoms. The molecule has 2 fully saturated rings. The molecule has 2 saturated heterocycles. The van der Waals surface area contributed by atoms with Gasteiger partial charge in [-0.05, 0) is 69.7 Å². The maximum absolute atomic E-state index is 15.2. The van der Waals surface area contributed by atoms with E-state index in [0.29, 0.717) is 44.8 Å². The maximum atomic E-state index is 15.2. The third-order valence-electron chi connectivity index (χ3n) is 7.63. The Kier molecular flexibility index (Phi) is 8.73. The number of phenols is 1. The molecule has 2 aliphatic rings. The first-order valence-electron chi connectivity index (χ1n) is 13.3. The molecule has 2 amide bonds. The zero-order chi connectivity index (χ0) is 28.2. The normalized spacial score (nSPS) is 19.8. The molecule has 0 saturated carbocycles. The van der Waals surface area contributed by atoms with Crippen LogP contribution in [0.5, 0.6) is 11.5 Å². The van der Waals surface area contributed by atoms with E-state index in [4.69, 9.17) is 4.74 Å². The molecular formula is C30H33F3N2O4. The van der Waals surface area contributed by atoms with Crippen molar-refractivity contribution in [1.82, 2.24) is 9.80 Å². The quantitative estimate of drug-likeness (QED) is 0.393. The van der Waals surface area contributed by atoms with Crippen LogP contribution in [0.1, 0.15) is 74.2 Å². The minimum absolute atomic E-state index is 0.0941. The number of amides is 2. The highest BCUT2D eigenvalue weighted by Gasteiger charge is 2.46. The number of ether oxygens (including phenoxy) is 1. The minimum Gasteiger partial charge on any atom is -0.508 e. The molecule has 39 heavy (non-hydrogen) atoms. The number of benzene rings is 2. The average Bonchev–Trinajstić information content (AvgIpc) is 2.93. The summed E-state index contributed by atoms with van der Waals surface area (Å²) in [6, 6.07) is 7.18. The number of likely N-dealkylation sites (tertiary alicyclic amines) is 2. The van der Waals surface area contributed by atoms with Crippen molar-refractivity contribution in [2.75, 3.05) is 26.2 Å². The van der Waals surface area contributed by atoms with E-state index in [2.05, 4.69) is 11.8 Å². The lowest BCUT2D eigenvalue weighted by molar-refractivity contribution is -0.136. The first-order chi connectivity index (χ1) is 18.7. The fraction of sp³-hybridized carbons (Fsp3) is 0.467. The highest BCUT2D eigenvalue weighted by atomic mass is 19.2. The van der Waals surface area contributed by atoms with E-state index in [-0.39, 0.29) is 37.1 Å². The van der Waals surface area contributed by atoms with Crippen LogP contribution >= 0.6 is 0 Å². The molecule has 2 aromatic carbocycles. The van der Waals surface area contributed by atoms with Gasteiger partial charge in [0.1, 0.15) is 5.75 Å². The van der Waals surface area contributed by atoms with Gasteiger partial charge >= 0.3 is 0 Å². The van der Waals surface area contributed by atoms with Gasteiger partial charge in [0.25, 0.3) is 5.91 Å². The van der Waals surface area contributed by atoms with Gasteiger partial charge in [0.2, 0.25) is 11.7 Å². The largest absolute Gasteiger partial charge is 0.508 e. The van der Waals surface area contributed by atoms with Gasteiger partial charge in [-0.15, -0.1) is 5.92 Å². The van der Waals surface area contributed by atoms with Crippen LogP contribution in [-0.4, -0.2) is 58.5 Å². The van der Waals surface area contributed by atoms with Crippen LogP contribution in [0, 0.1) is 29.3 Å². The first-order valence-corrected chi connectivity index (χ1v) is 13.3. The van der Waals surface area contributed by atoms with Gasteiger partial charge in [-0.2, -0.15) is 4.39 Å². The van der Waals surface area contributed by atoms with Gasteiger partial charge in [0.05, 0.1) is 23.6 Å². The minimum atomic E-state index is -1.47. The average molecular weight is 543 g/mol. The van der Waals surface area contributed by atoms with Crippen LogP contribution < -0.4 is 4.74 Å². The van der Waals surface area contributed by atoms with Crippen LogP contribution in [0.25, 0.3) is 0 Å². The van der Waals surface area contributed by atoms with Crippen molar-refractivity contribution >= 4 is 11.8 Å². The Morgan fingerprint density at radius 3 is 2.49 bits per heavy atom. The lowest BCUT2D eigenvalue weighted by Crippen LogP contribution is -2.63. The van der Waals surface area contributed by atoms with Crippen LogP contribution in [0.2, 0.25) is 0 Å². The second kappa shape index (κ2) is 12.0. The molecular weight excluding hydrogens is 509 g/mol. The van der Waals surface area contributed by atoms with Crippen LogP contribution in [0.15, 0.2) is 30.3 Å². The Balaban J connectivity index is 1.59. The fourth-order valence-electron chi connectivity index (χ4n) is 5.75. The second-order valence-corrected chi connectivity index (χ2v) is 10.1. The lowest BCUT2D eigenvalue weighted by Gasteiger charge is -2.52. The third kappa shape index (κ3) is 5.85. The van der Waals surface area contributed by atoms with Crippen molar-refractivity contribution < 1.29 is 32.6 Å². The van der Waals surface area contributed by atoms with E-state index in [1.165, 1.54) is 6.92 Å². The Morgan fingerprint density at radius 1 is 1.08 bits per heavy atom. The summed E-state index contributed by atoms with van der Waals surface area (Å²) in [6.45, 7) is 4.22. The topological polar surface area (TPSA) is 70.1 Å². The smallest absolute Gasteiger partial charge is 0.257 e. The predicted molar refractivity (Wildman–Crippen MR) is 140 cm³/mol. The molecule has 0 aromatic heterocycles. The second-order valence-electron chi connectivity index (χ2n) is 10.1. The number of phenolic OH excluding ortho intramolecular Hbond substituents is 1. The maximum Gasteiger partial charge on any atom is 0.257 e. The van der Waals surface area contributed by atoms with Gasteiger partial charge in [-0.1, -0.05) is 18.1 Å². The summed E-state index contributed by atoms with van der Waals surface area (Å²) in [4.78, 5) is 30.4. The Morgan fingerprint density at radius 2 is 1.79 bits per heavy atom. The predicted octanol–water partition coefficient (Wildman–Crippen LogP) is 5.39. The molecule has 1 N–H and O–H groups in total. The summed E-state index contributed by atoms with van der Waals surface area (Å²) in [5.74, 6) is -0.0847. The lowest BCUT2D eigenvalue weighted by atomic mass is 9.79. The highest BCUT2D eigenvalue weighted by Crippen LogP contribution is 2.39. The summed E-state index contributed by atoms with van der Waals surface area (Å²) in [5, 5.41) is 9.62. The monoisotopic (exact) mass is 542 g/mol. The van der Waals surface area contributed by atoms with Gasteiger partial charge in [-0.25, -0.2) is 8.78 Å². The SMILES string of the molecule is CC#CC(CC(=O)N1CCCC2(CCCCN2C(=O)c2cc(F)c(F)c(OCC)c2F)C1)c1ccc(O)cc1. The van der Waals surface area contributed by atoms with E-state index >= 15 is 4.39 Å². The van der Waals surface area contributed by atoms with Crippen molar-refractivity contribution in [2.24, 2.45) is 0 Å². The molecule has 2 atom stereocenters. The Bertz CT molecular complexity index is 1280. The molecule has 208 valence electrons. The molecule has 1 spiro atoms. The van der Waals surface area contributed by atoms with Crippen LogP contribution in [0.3, 0.4) is 0 Å². The molecule has 0 radical (unpaired) electrons. The number of carbonyl (C=O) groups excluding carboxylic acids is 2. The van der Waals surface area contributed by atoms with Crippen molar-refractivity contribution in [3.8, 4) is 23.3 Å². The molecule has 6 nitrogen and oxygen atoms in total. The first kappa shape index (κ1) is 28.3. The summed E-state index contributed by atoms with van der Waals surface area (Å²) in [5.41, 5.74) is -0.500. The van der Waals surface area contributed by atoms with E-state index in [1.807, 2.05) is 0 Å². The highest BCUT2D eigenvalue weighted by molar-refractivity contribution is 5.95. The van der Waals surface area contributed by atoms with Crippen molar-refractivity contribution in [2.45, 2.75) is 63.8 Å². The van der Waals surface area contributed by atoms with Gasteiger partial charge in [0.15, 0.2) is 17.4 Å². The molecule has 0 bridgehead atoms. The molecule has 0 aliphatic carbocycles. The van der Waals surface area contributed by atoms with E-state index < -0.39 is 40.2 Å². The number of aromatic hydroxyl groups is 1. The van der Waals surface area contributed by atoms with Crippen molar-refractivity contribution in [3.63, 3.8) is 0 Å². The van der Waals surface area contributed by atoms with Gasteiger partial charge in [-0.3, -0.25) is 9.59 Å².